The number of nitrogens with zero attached hydrogens (tertiary/aromatic N) is 1. The van der Waals surface area contributed by atoms with Crippen molar-refractivity contribution in [3.8, 4) is 0 Å². The summed E-state index contributed by atoms with van der Waals surface area (Å²) in [6, 6.07) is 13.9. The molecule has 0 heterocycles. The van der Waals surface area contributed by atoms with Gasteiger partial charge in [0.2, 0.25) is 11.8 Å². The molecule has 1 N–H and O–H groups in total. The van der Waals surface area contributed by atoms with Crippen LogP contribution in [-0.2, 0) is 29.0 Å². The van der Waals surface area contributed by atoms with Crippen LogP contribution in [0.15, 0.2) is 48.5 Å². The molecule has 0 radical (unpaired) electrons. The van der Waals surface area contributed by atoms with Crippen molar-refractivity contribution in [3.63, 3.8) is 0 Å². The van der Waals surface area contributed by atoms with Gasteiger partial charge in [-0.3, -0.25) is 9.59 Å². The highest BCUT2D eigenvalue weighted by Crippen LogP contribution is 2.16. The topological polar surface area (TPSA) is 49.4 Å². The standard InChI is InChI=1S/C26H35FN2O2/c1-4-7-18-28-26(31)24(6-3)29(19-22-12-15-23(27)16-13-22)25(30)17-14-21-10-8-20(5-2)9-11-21/h8-13,15-16,24H,4-7,14,17-19H2,1-3H3,(H,28,31). The molecule has 2 amide bonds. The Kier molecular flexibility index (Phi) is 10.2. The number of carbonyl (C=O) groups is 2. The van der Waals surface area contributed by atoms with Crippen LogP contribution < -0.4 is 5.32 Å². The van der Waals surface area contributed by atoms with E-state index >= 15 is 0 Å². The molecule has 2 rings (SSSR count). The Morgan fingerprint density at radius 3 is 2.13 bits per heavy atom. The summed E-state index contributed by atoms with van der Waals surface area (Å²) < 4.78 is 13.3. The maximum atomic E-state index is 13.3. The quantitative estimate of drug-likeness (QED) is 0.483. The summed E-state index contributed by atoms with van der Waals surface area (Å²) in [5.41, 5.74) is 3.18. The number of unbranched alkanes of at least 4 members (excludes halogenated alkanes) is 1. The highest BCUT2D eigenvalue weighted by atomic mass is 19.1. The van der Waals surface area contributed by atoms with Gasteiger partial charge in [-0.25, -0.2) is 4.39 Å². The van der Waals surface area contributed by atoms with E-state index in [1.807, 2.05) is 6.92 Å². The first-order chi connectivity index (χ1) is 15.0. The molecule has 2 aromatic carbocycles. The first-order valence-electron chi connectivity index (χ1n) is 11.4. The SMILES string of the molecule is CCCCNC(=O)C(CC)N(Cc1ccc(F)cc1)C(=O)CCc1ccc(CC)cc1. The molecule has 0 saturated carbocycles. The van der Waals surface area contributed by atoms with Crippen LogP contribution in [0.3, 0.4) is 0 Å². The Labute approximate surface area is 185 Å². The minimum absolute atomic E-state index is 0.0682. The third-order valence-electron chi connectivity index (χ3n) is 5.54. The number of amides is 2. The monoisotopic (exact) mass is 426 g/mol. The van der Waals surface area contributed by atoms with Crippen molar-refractivity contribution in [2.24, 2.45) is 0 Å². The zero-order valence-corrected chi connectivity index (χ0v) is 19.0. The average Bonchev–Trinajstić information content (AvgIpc) is 2.79. The molecule has 0 aliphatic carbocycles. The van der Waals surface area contributed by atoms with Gasteiger partial charge in [0.05, 0.1) is 0 Å². The molecule has 1 unspecified atom stereocenters. The summed E-state index contributed by atoms with van der Waals surface area (Å²) in [7, 11) is 0. The number of rotatable bonds is 12. The smallest absolute Gasteiger partial charge is 0.242 e. The zero-order chi connectivity index (χ0) is 22.6. The summed E-state index contributed by atoms with van der Waals surface area (Å²) in [4.78, 5) is 27.7. The fraction of sp³-hybridized carbons (Fsp3) is 0.462. The summed E-state index contributed by atoms with van der Waals surface area (Å²) in [6.07, 6.45) is 4.35. The number of aryl methyl sites for hydroxylation is 2. The van der Waals surface area contributed by atoms with Gasteiger partial charge in [-0.05, 0) is 54.5 Å². The number of hydrogen-bond donors (Lipinski definition) is 1. The first kappa shape index (κ1) is 24.6. The van der Waals surface area contributed by atoms with E-state index in [9.17, 15) is 14.0 Å². The number of hydrogen-bond acceptors (Lipinski definition) is 2. The van der Waals surface area contributed by atoms with Crippen LogP contribution in [0.2, 0.25) is 0 Å². The van der Waals surface area contributed by atoms with Gasteiger partial charge in [0.25, 0.3) is 0 Å². The van der Waals surface area contributed by atoms with Crippen molar-refractivity contribution in [2.75, 3.05) is 6.54 Å². The normalized spacial score (nSPS) is 11.7. The molecule has 168 valence electrons. The molecule has 5 heteroatoms. The van der Waals surface area contributed by atoms with Crippen LogP contribution in [0, 0.1) is 5.82 Å². The lowest BCUT2D eigenvalue weighted by atomic mass is 10.0. The number of carbonyl (C=O) groups excluding carboxylic acids is 2. The second kappa shape index (κ2) is 12.9. The van der Waals surface area contributed by atoms with Crippen molar-refractivity contribution in [2.45, 2.75) is 71.9 Å². The third-order valence-corrected chi connectivity index (χ3v) is 5.54. The van der Waals surface area contributed by atoms with Gasteiger partial charge >= 0.3 is 0 Å². The van der Waals surface area contributed by atoms with Crippen molar-refractivity contribution >= 4 is 11.8 Å². The molecular weight excluding hydrogens is 391 g/mol. The molecule has 0 fully saturated rings. The van der Waals surface area contributed by atoms with Gasteiger partial charge in [0, 0.05) is 19.5 Å². The predicted octanol–water partition coefficient (Wildman–Crippen LogP) is 5.04. The van der Waals surface area contributed by atoms with Crippen molar-refractivity contribution < 1.29 is 14.0 Å². The highest BCUT2D eigenvalue weighted by Gasteiger charge is 2.28. The maximum Gasteiger partial charge on any atom is 0.242 e. The van der Waals surface area contributed by atoms with E-state index in [1.165, 1.54) is 17.7 Å². The van der Waals surface area contributed by atoms with Crippen LogP contribution in [0.4, 0.5) is 4.39 Å². The molecule has 2 aromatic rings. The van der Waals surface area contributed by atoms with Gasteiger partial charge in [0.1, 0.15) is 11.9 Å². The Bertz CT molecular complexity index is 818. The molecule has 0 saturated heterocycles. The largest absolute Gasteiger partial charge is 0.354 e. The minimum atomic E-state index is -0.545. The van der Waals surface area contributed by atoms with Crippen molar-refractivity contribution in [3.05, 3.63) is 71.0 Å². The summed E-state index contributed by atoms with van der Waals surface area (Å²) >= 11 is 0. The lowest BCUT2D eigenvalue weighted by Gasteiger charge is -2.31. The first-order valence-corrected chi connectivity index (χ1v) is 11.4. The minimum Gasteiger partial charge on any atom is -0.354 e. The average molecular weight is 427 g/mol. The molecule has 0 aromatic heterocycles. The Hall–Kier alpha value is -2.69. The second-order valence-corrected chi connectivity index (χ2v) is 7.89. The Morgan fingerprint density at radius 1 is 0.935 bits per heavy atom. The fourth-order valence-corrected chi connectivity index (χ4v) is 3.55. The molecule has 0 aliphatic rings. The maximum absolute atomic E-state index is 13.3. The summed E-state index contributed by atoms with van der Waals surface area (Å²) in [5.74, 6) is -0.512. The van der Waals surface area contributed by atoms with E-state index in [1.54, 1.807) is 17.0 Å². The Morgan fingerprint density at radius 2 is 1.55 bits per heavy atom. The lowest BCUT2D eigenvalue weighted by molar-refractivity contribution is -0.141. The predicted molar refractivity (Wildman–Crippen MR) is 123 cm³/mol. The van der Waals surface area contributed by atoms with Gasteiger partial charge < -0.3 is 10.2 Å². The van der Waals surface area contributed by atoms with E-state index in [-0.39, 0.29) is 24.2 Å². The lowest BCUT2D eigenvalue weighted by Crippen LogP contribution is -2.49. The van der Waals surface area contributed by atoms with Crippen molar-refractivity contribution in [1.29, 1.82) is 0 Å². The molecule has 1 atom stereocenters. The van der Waals surface area contributed by atoms with Crippen LogP contribution in [0.5, 0.6) is 0 Å². The van der Waals surface area contributed by atoms with Gasteiger partial charge in [0.15, 0.2) is 0 Å². The van der Waals surface area contributed by atoms with Crippen LogP contribution in [0.25, 0.3) is 0 Å². The van der Waals surface area contributed by atoms with E-state index in [4.69, 9.17) is 0 Å². The van der Waals surface area contributed by atoms with Gasteiger partial charge in [-0.1, -0.05) is 63.6 Å². The van der Waals surface area contributed by atoms with Crippen molar-refractivity contribution in [1.82, 2.24) is 10.2 Å². The molecule has 4 nitrogen and oxygen atoms in total. The number of halogens is 1. The van der Waals surface area contributed by atoms with E-state index in [2.05, 4.69) is 43.4 Å². The van der Waals surface area contributed by atoms with E-state index < -0.39 is 6.04 Å². The van der Waals surface area contributed by atoms with Gasteiger partial charge in [-0.15, -0.1) is 0 Å². The molecule has 0 aliphatic heterocycles. The number of nitrogens with one attached hydrogen (secondary N) is 1. The fourth-order valence-electron chi connectivity index (χ4n) is 3.55. The number of benzene rings is 2. The van der Waals surface area contributed by atoms with E-state index in [0.717, 1.165) is 30.4 Å². The zero-order valence-electron chi connectivity index (χ0n) is 19.0. The highest BCUT2D eigenvalue weighted by molar-refractivity contribution is 5.87. The van der Waals surface area contributed by atoms with Crippen LogP contribution >= 0.6 is 0 Å². The summed E-state index contributed by atoms with van der Waals surface area (Å²) in [5, 5.41) is 2.96. The molecule has 31 heavy (non-hydrogen) atoms. The Balaban J connectivity index is 2.14. The molecule has 0 bridgehead atoms. The van der Waals surface area contributed by atoms with Gasteiger partial charge in [-0.2, -0.15) is 0 Å². The third kappa shape index (κ3) is 7.82. The van der Waals surface area contributed by atoms with E-state index in [0.29, 0.717) is 25.8 Å². The molecular formula is C26H35FN2O2. The summed E-state index contributed by atoms with van der Waals surface area (Å²) in [6.45, 7) is 6.99. The second-order valence-electron chi connectivity index (χ2n) is 7.89. The van der Waals surface area contributed by atoms with Crippen LogP contribution in [-0.4, -0.2) is 29.3 Å². The molecule has 0 spiro atoms. The van der Waals surface area contributed by atoms with Crippen LogP contribution in [0.1, 0.15) is 63.1 Å².